The maximum atomic E-state index is 12.2. The van der Waals surface area contributed by atoms with Crippen LogP contribution in [0.1, 0.15) is 5.56 Å². The zero-order valence-electron chi connectivity index (χ0n) is 9.57. The summed E-state index contributed by atoms with van der Waals surface area (Å²) in [5.74, 6) is 0.107. The maximum Gasteiger partial charge on any atom is 0.408 e. The van der Waals surface area contributed by atoms with Gasteiger partial charge in [0.05, 0.1) is 6.20 Å². The first-order chi connectivity index (χ1) is 8.37. The molecule has 18 heavy (non-hydrogen) atoms. The van der Waals surface area contributed by atoms with E-state index in [2.05, 4.69) is 5.10 Å². The topological polar surface area (TPSA) is 38.1 Å². The molecule has 0 aliphatic heterocycles. The summed E-state index contributed by atoms with van der Waals surface area (Å²) in [7, 11) is 0. The molecule has 0 amide bonds. The average molecular weight is 256 g/mol. The van der Waals surface area contributed by atoms with Gasteiger partial charge >= 0.3 is 6.18 Å². The summed E-state index contributed by atoms with van der Waals surface area (Å²) >= 11 is 0. The summed E-state index contributed by atoms with van der Waals surface area (Å²) in [6.45, 7) is 0.580. The van der Waals surface area contributed by atoms with Crippen molar-refractivity contribution >= 4 is 0 Å². The molecule has 0 saturated carbocycles. The summed E-state index contributed by atoms with van der Waals surface area (Å²) in [5, 5.41) is 13.2. The lowest BCUT2D eigenvalue weighted by atomic mass is 10.0. The summed E-state index contributed by atoms with van der Waals surface area (Å²) in [6, 6.07) is 4.89. The van der Waals surface area contributed by atoms with E-state index in [9.17, 15) is 18.3 Å². The molecule has 96 valence electrons. The van der Waals surface area contributed by atoms with E-state index < -0.39 is 12.7 Å². The van der Waals surface area contributed by atoms with Crippen LogP contribution in [-0.2, 0) is 6.54 Å². The van der Waals surface area contributed by atoms with Crippen molar-refractivity contribution in [2.75, 3.05) is 0 Å². The molecule has 6 heteroatoms. The van der Waals surface area contributed by atoms with Gasteiger partial charge in [0.2, 0.25) is 0 Å². The minimum Gasteiger partial charge on any atom is -0.508 e. The van der Waals surface area contributed by atoms with Crippen LogP contribution >= 0.6 is 0 Å². The van der Waals surface area contributed by atoms with Crippen LogP contribution in [0.5, 0.6) is 5.75 Å². The number of phenols is 1. The van der Waals surface area contributed by atoms with E-state index >= 15 is 0 Å². The summed E-state index contributed by atoms with van der Waals surface area (Å²) in [4.78, 5) is 0. The smallest absolute Gasteiger partial charge is 0.408 e. The fraction of sp³-hybridized carbons (Fsp3) is 0.250. The Hall–Kier alpha value is -1.98. The molecule has 2 rings (SSSR count). The number of phenolic OH excluding ortho intramolecular Hbond substituents is 1. The number of rotatable bonds is 2. The van der Waals surface area contributed by atoms with E-state index in [1.807, 2.05) is 0 Å². The summed E-state index contributed by atoms with van der Waals surface area (Å²) < 4.78 is 37.4. The van der Waals surface area contributed by atoms with E-state index in [0.29, 0.717) is 16.7 Å². The Labute approximate surface area is 101 Å². The molecule has 1 aromatic carbocycles. The first-order valence-corrected chi connectivity index (χ1v) is 5.25. The third kappa shape index (κ3) is 2.64. The van der Waals surface area contributed by atoms with Crippen LogP contribution in [0, 0.1) is 6.92 Å². The van der Waals surface area contributed by atoms with E-state index in [4.69, 9.17) is 0 Å². The van der Waals surface area contributed by atoms with Gasteiger partial charge in [0.1, 0.15) is 12.3 Å². The fourth-order valence-electron chi connectivity index (χ4n) is 1.71. The molecule has 1 aromatic heterocycles. The van der Waals surface area contributed by atoms with Gasteiger partial charge in [-0.15, -0.1) is 0 Å². The predicted octanol–water partition coefficient (Wildman–Crippen LogP) is 3.13. The van der Waals surface area contributed by atoms with Crippen molar-refractivity contribution < 1.29 is 18.3 Å². The largest absolute Gasteiger partial charge is 0.508 e. The highest BCUT2D eigenvalue weighted by molar-refractivity contribution is 5.68. The van der Waals surface area contributed by atoms with Crippen molar-refractivity contribution in [1.29, 1.82) is 0 Å². The zero-order valence-corrected chi connectivity index (χ0v) is 9.57. The van der Waals surface area contributed by atoms with E-state index in [1.54, 1.807) is 19.1 Å². The SMILES string of the molecule is Cc1c(O)cccc1-c1cnn(CC(F)(F)F)c1. The third-order valence-electron chi connectivity index (χ3n) is 2.59. The van der Waals surface area contributed by atoms with Crippen molar-refractivity contribution in [3.05, 3.63) is 36.2 Å². The molecule has 0 aliphatic carbocycles. The van der Waals surface area contributed by atoms with Crippen LogP contribution in [0.25, 0.3) is 11.1 Å². The number of hydrogen-bond acceptors (Lipinski definition) is 2. The van der Waals surface area contributed by atoms with Gasteiger partial charge in [-0.05, 0) is 24.1 Å². The van der Waals surface area contributed by atoms with Crippen LogP contribution in [0.15, 0.2) is 30.6 Å². The van der Waals surface area contributed by atoms with Crippen molar-refractivity contribution in [1.82, 2.24) is 9.78 Å². The molecule has 0 aliphatic rings. The summed E-state index contributed by atoms with van der Waals surface area (Å²) in [5.41, 5.74) is 1.83. The molecule has 0 unspecified atom stereocenters. The van der Waals surface area contributed by atoms with Crippen LogP contribution in [0.2, 0.25) is 0 Å². The minimum absolute atomic E-state index is 0.107. The Morgan fingerprint density at radius 2 is 2.06 bits per heavy atom. The van der Waals surface area contributed by atoms with Gasteiger partial charge in [-0.3, -0.25) is 4.68 Å². The quantitative estimate of drug-likeness (QED) is 0.896. The normalized spacial score (nSPS) is 11.8. The van der Waals surface area contributed by atoms with Gasteiger partial charge in [0.25, 0.3) is 0 Å². The molecule has 0 radical (unpaired) electrons. The average Bonchev–Trinajstić information content (AvgIpc) is 2.68. The van der Waals surface area contributed by atoms with Gasteiger partial charge in [0, 0.05) is 11.8 Å². The number of aromatic hydroxyl groups is 1. The molecule has 0 spiro atoms. The van der Waals surface area contributed by atoms with E-state index in [0.717, 1.165) is 4.68 Å². The molecule has 0 saturated heterocycles. The Kier molecular flexibility index (Phi) is 3.02. The highest BCUT2D eigenvalue weighted by Crippen LogP contribution is 2.29. The first kappa shape index (κ1) is 12.5. The second-order valence-corrected chi connectivity index (χ2v) is 3.99. The van der Waals surface area contributed by atoms with Gasteiger partial charge in [-0.25, -0.2) is 0 Å². The number of nitrogens with zero attached hydrogens (tertiary/aromatic N) is 2. The van der Waals surface area contributed by atoms with Crippen LogP contribution in [-0.4, -0.2) is 21.1 Å². The van der Waals surface area contributed by atoms with E-state index in [-0.39, 0.29) is 5.75 Å². The van der Waals surface area contributed by atoms with Crippen molar-refractivity contribution in [3.8, 4) is 16.9 Å². The van der Waals surface area contributed by atoms with Gasteiger partial charge in [-0.1, -0.05) is 12.1 Å². The van der Waals surface area contributed by atoms with Crippen molar-refractivity contribution in [2.45, 2.75) is 19.6 Å². The van der Waals surface area contributed by atoms with Crippen LogP contribution in [0.4, 0.5) is 13.2 Å². The van der Waals surface area contributed by atoms with Crippen molar-refractivity contribution in [2.24, 2.45) is 0 Å². The third-order valence-corrected chi connectivity index (χ3v) is 2.59. The monoisotopic (exact) mass is 256 g/mol. The lowest BCUT2D eigenvalue weighted by Gasteiger charge is -2.06. The Bertz CT molecular complexity index is 561. The molecule has 0 bridgehead atoms. The van der Waals surface area contributed by atoms with Gasteiger partial charge < -0.3 is 5.11 Å². The van der Waals surface area contributed by atoms with Crippen LogP contribution in [0.3, 0.4) is 0 Å². The van der Waals surface area contributed by atoms with Crippen LogP contribution < -0.4 is 0 Å². The Balaban J connectivity index is 2.33. The number of benzene rings is 1. The first-order valence-electron chi connectivity index (χ1n) is 5.25. The number of hydrogen-bond donors (Lipinski definition) is 1. The molecular formula is C12H11F3N2O. The lowest BCUT2D eigenvalue weighted by molar-refractivity contribution is -0.142. The van der Waals surface area contributed by atoms with E-state index in [1.165, 1.54) is 18.5 Å². The Morgan fingerprint density at radius 3 is 2.72 bits per heavy atom. The second-order valence-electron chi connectivity index (χ2n) is 3.99. The maximum absolute atomic E-state index is 12.2. The van der Waals surface area contributed by atoms with Gasteiger partial charge in [-0.2, -0.15) is 18.3 Å². The van der Waals surface area contributed by atoms with Gasteiger partial charge in [0.15, 0.2) is 0 Å². The molecular weight excluding hydrogens is 245 g/mol. The lowest BCUT2D eigenvalue weighted by Crippen LogP contribution is -2.17. The molecule has 2 aromatic rings. The fourth-order valence-corrected chi connectivity index (χ4v) is 1.71. The zero-order chi connectivity index (χ0) is 13.3. The number of alkyl halides is 3. The highest BCUT2D eigenvalue weighted by atomic mass is 19.4. The molecule has 3 nitrogen and oxygen atoms in total. The highest BCUT2D eigenvalue weighted by Gasteiger charge is 2.28. The standard InChI is InChI=1S/C12H11F3N2O/c1-8-10(3-2-4-11(8)18)9-5-16-17(6-9)7-12(13,14)15/h2-6,18H,7H2,1H3. The minimum atomic E-state index is -4.29. The predicted molar refractivity (Wildman–Crippen MR) is 60.1 cm³/mol. The molecule has 1 heterocycles. The number of halogens is 3. The molecule has 1 N–H and O–H groups in total. The Morgan fingerprint density at radius 1 is 1.33 bits per heavy atom. The second kappa shape index (κ2) is 4.36. The summed E-state index contributed by atoms with van der Waals surface area (Å²) in [6.07, 6.45) is -1.63. The molecule has 0 fully saturated rings. The van der Waals surface area contributed by atoms with Crippen molar-refractivity contribution in [3.63, 3.8) is 0 Å². The molecule has 0 atom stereocenters. The number of aromatic nitrogens is 2.